The van der Waals surface area contributed by atoms with Gasteiger partial charge in [0.2, 0.25) is 0 Å². The highest BCUT2D eigenvalue weighted by atomic mass is 16.5. The van der Waals surface area contributed by atoms with Crippen molar-refractivity contribution in [1.82, 2.24) is 10.3 Å². The average molecular weight is 475 g/mol. The number of alkyl carbamates (subject to hydrolysis) is 1. The number of H-pyrrole nitrogens is 1. The zero-order valence-corrected chi connectivity index (χ0v) is 19.9. The number of fused-ring (bicyclic) bond motifs is 6. The number of aryl methyl sites for hydroxylation is 1. The molecule has 3 aromatic carbocycles. The molecule has 5 nitrogen and oxygen atoms in total. The van der Waals surface area contributed by atoms with Crippen molar-refractivity contribution in [3.63, 3.8) is 0 Å². The second-order valence-electron chi connectivity index (χ2n) is 9.32. The molecule has 1 heterocycles. The van der Waals surface area contributed by atoms with Crippen LogP contribution < -0.4 is 5.32 Å². The van der Waals surface area contributed by atoms with Crippen LogP contribution >= 0.6 is 0 Å². The zero-order valence-electron chi connectivity index (χ0n) is 19.9. The first-order valence-electron chi connectivity index (χ1n) is 12.4. The number of Topliss-reactive ketones (excluding diaryl/α,β-unsaturated/α-hetero) is 1. The van der Waals surface area contributed by atoms with Crippen LogP contribution in [0.2, 0.25) is 0 Å². The first-order valence-corrected chi connectivity index (χ1v) is 12.4. The minimum atomic E-state index is -0.427. The smallest absolute Gasteiger partial charge is 0.407 e. The molecule has 0 unspecified atom stereocenters. The van der Waals surface area contributed by atoms with Crippen molar-refractivity contribution in [1.29, 1.82) is 0 Å². The largest absolute Gasteiger partial charge is 0.449 e. The molecule has 178 valence electrons. The van der Waals surface area contributed by atoms with Gasteiger partial charge in [-0.25, -0.2) is 4.79 Å². The van der Waals surface area contributed by atoms with E-state index in [4.69, 9.17) is 4.74 Å². The van der Waals surface area contributed by atoms with Gasteiger partial charge in [-0.3, -0.25) is 4.79 Å². The van der Waals surface area contributed by atoms with E-state index in [0.717, 1.165) is 40.6 Å². The topological polar surface area (TPSA) is 71.2 Å². The quantitative estimate of drug-likeness (QED) is 0.283. The third-order valence-corrected chi connectivity index (χ3v) is 7.11. The number of carbonyl (C=O) groups excluding carboxylic acids is 2. The molecule has 5 heteroatoms. The van der Waals surface area contributed by atoms with Gasteiger partial charge in [-0.15, -0.1) is 0 Å². The van der Waals surface area contributed by atoms with Gasteiger partial charge in [-0.05, 0) is 58.9 Å². The number of ether oxygens (including phenoxy) is 1. The number of amides is 1. The molecule has 6 rings (SSSR count). The molecule has 1 aromatic heterocycles. The third kappa shape index (κ3) is 4.05. The number of aromatic nitrogens is 1. The standard InChI is InChI=1S/C31H26N2O3/c34-29-14-7-13-25-26-18-20(15-16-28(26)33-30(25)29)8-5-6-17-32-31(35)36-19-27-23-11-3-1-9-21(23)22-10-2-4-12-24(22)27/h1-4,9-12,15-16,18,27,33H,6-7,13-14,17,19H2,(H,32,35). The highest BCUT2D eigenvalue weighted by Crippen LogP contribution is 2.44. The number of benzene rings is 3. The van der Waals surface area contributed by atoms with Gasteiger partial charge in [0.15, 0.2) is 5.78 Å². The van der Waals surface area contributed by atoms with Crippen molar-refractivity contribution in [2.45, 2.75) is 31.6 Å². The summed E-state index contributed by atoms with van der Waals surface area (Å²) in [5.41, 5.74) is 8.58. The Bertz CT molecular complexity index is 1510. The lowest BCUT2D eigenvalue weighted by Gasteiger charge is -2.14. The Morgan fingerprint density at radius 2 is 1.75 bits per heavy atom. The molecule has 0 bridgehead atoms. The molecular formula is C31H26N2O3. The molecule has 0 atom stereocenters. The average Bonchev–Trinajstić information content (AvgIpc) is 3.44. The molecule has 4 aromatic rings. The van der Waals surface area contributed by atoms with Gasteiger partial charge in [0, 0.05) is 41.8 Å². The van der Waals surface area contributed by atoms with E-state index >= 15 is 0 Å². The Kier molecular flexibility index (Phi) is 5.79. The lowest BCUT2D eigenvalue weighted by molar-refractivity contribution is 0.0968. The van der Waals surface area contributed by atoms with Crippen molar-refractivity contribution in [2.24, 2.45) is 0 Å². The summed E-state index contributed by atoms with van der Waals surface area (Å²) in [5.74, 6) is 6.55. The summed E-state index contributed by atoms with van der Waals surface area (Å²) in [6.45, 7) is 0.717. The highest BCUT2D eigenvalue weighted by molar-refractivity contribution is 6.03. The number of hydrogen-bond donors (Lipinski definition) is 2. The molecule has 1 amide bonds. The lowest BCUT2D eigenvalue weighted by atomic mass is 9.94. The monoisotopic (exact) mass is 474 g/mol. The van der Waals surface area contributed by atoms with E-state index in [-0.39, 0.29) is 11.7 Å². The van der Waals surface area contributed by atoms with E-state index in [9.17, 15) is 9.59 Å². The molecule has 2 aliphatic rings. The fourth-order valence-corrected chi connectivity index (χ4v) is 5.41. The van der Waals surface area contributed by atoms with Crippen LogP contribution in [0.4, 0.5) is 4.79 Å². The van der Waals surface area contributed by atoms with Gasteiger partial charge in [0.05, 0.1) is 5.69 Å². The van der Waals surface area contributed by atoms with E-state index in [2.05, 4.69) is 52.5 Å². The summed E-state index contributed by atoms with van der Waals surface area (Å²) in [5, 5.41) is 3.89. The van der Waals surface area contributed by atoms with Crippen LogP contribution in [-0.2, 0) is 11.2 Å². The van der Waals surface area contributed by atoms with Crippen molar-refractivity contribution < 1.29 is 14.3 Å². The van der Waals surface area contributed by atoms with E-state index < -0.39 is 6.09 Å². The first kappa shape index (κ1) is 22.2. The van der Waals surface area contributed by atoms with E-state index in [1.807, 2.05) is 36.4 Å². The summed E-state index contributed by atoms with van der Waals surface area (Å²) < 4.78 is 5.58. The Morgan fingerprint density at radius 3 is 2.53 bits per heavy atom. The SMILES string of the molecule is O=C(NCCC#Cc1ccc2[nH]c3c(c2c1)CCCC3=O)OCC1c2ccccc2-c2ccccc21. The van der Waals surface area contributed by atoms with Crippen LogP contribution in [-0.4, -0.2) is 30.0 Å². The fourth-order valence-electron chi connectivity index (χ4n) is 5.41. The molecule has 36 heavy (non-hydrogen) atoms. The predicted molar refractivity (Wildman–Crippen MR) is 140 cm³/mol. The molecule has 0 saturated heterocycles. The van der Waals surface area contributed by atoms with Crippen LogP contribution in [0, 0.1) is 11.8 Å². The maximum absolute atomic E-state index is 12.3. The highest BCUT2D eigenvalue weighted by Gasteiger charge is 2.29. The zero-order chi connectivity index (χ0) is 24.5. The summed E-state index contributed by atoms with van der Waals surface area (Å²) >= 11 is 0. The fraction of sp³-hybridized carbons (Fsp3) is 0.226. The van der Waals surface area contributed by atoms with Gasteiger partial charge >= 0.3 is 6.09 Å². The second-order valence-corrected chi connectivity index (χ2v) is 9.32. The minimum absolute atomic E-state index is 0.0485. The molecular weight excluding hydrogens is 448 g/mol. The van der Waals surface area contributed by atoms with E-state index in [0.29, 0.717) is 26.0 Å². The van der Waals surface area contributed by atoms with Crippen LogP contribution in [0.5, 0.6) is 0 Å². The maximum Gasteiger partial charge on any atom is 0.407 e. The Balaban J connectivity index is 1.03. The summed E-state index contributed by atoms with van der Waals surface area (Å²) in [4.78, 5) is 27.8. The number of ketones is 1. The molecule has 2 N–H and O–H groups in total. The van der Waals surface area contributed by atoms with Crippen molar-refractivity contribution >= 4 is 22.8 Å². The molecule has 0 radical (unpaired) electrons. The van der Waals surface area contributed by atoms with Crippen molar-refractivity contribution in [2.75, 3.05) is 13.2 Å². The van der Waals surface area contributed by atoms with Crippen LogP contribution in [0.3, 0.4) is 0 Å². The molecule has 2 aliphatic carbocycles. The van der Waals surface area contributed by atoms with Gasteiger partial charge < -0.3 is 15.0 Å². The van der Waals surface area contributed by atoms with Gasteiger partial charge in [0.1, 0.15) is 6.61 Å². The minimum Gasteiger partial charge on any atom is -0.449 e. The van der Waals surface area contributed by atoms with Gasteiger partial charge in [-0.1, -0.05) is 60.4 Å². The molecule has 0 spiro atoms. The van der Waals surface area contributed by atoms with Gasteiger partial charge in [-0.2, -0.15) is 0 Å². The Hall–Kier alpha value is -4.30. The predicted octanol–water partition coefficient (Wildman–Crippen LogP) is 5.97. The number of rotatable bonds is 4. The number of aromatic amines is 1. The van der Waals surface area contributed by atoms with Crippen LogP contribution in [0.1, 0.15) is 57.9 Å². The third-order valence-electron chi connectivity index (χ3n) is 7.11. The van der Waals surface area contributed by atoms with Gasteiger partial charge in [0.25, 0.3) is 0 Å². The first-order chi connectivity index (χ1) is 17.7. The van der Waals surface area contributed by atoms with Crippen LogP contribution in [0.25, 0.3) is 22.0 Å². The number of hydrogen-bond acceptors (Lipinski definition) is 3. The number of nitrogens with one attached hydrogen (secondary N) is 2. The summed E-state index contributed by atoms with van der Waals surface area (Å²) in [6, 6.07) is 22.6. The molecule has 0 aliphatic heterocycles. The van der Waals surface area contributed by atoms with E-state index in [1.165, 1.54) is 22.3 Å². The number of carbonyl (C=O) groups is 2. The molecule has 0 saturated carbocycles. The normalized spacial score (nSPS) is 13.9. The van der Waals surface area contributed by atoms with Crippen molar-refractivity contribution in [3.8, 4) is 23.0 Å². The lowest BCUT2D eigenvalue weighted by Crippen LogP contribution is -2.26. The molecule has 0 fully saturated rings. The van der Waals surface area contributed by atoms with E-state index in [1.54, 1.807) is 0 Å². The Labute approximate surface area is 209 Å². The van der Waals surface area contributed by atoms with Crippen molar-refractivity contribution in [3.05, 3.63) is 94.7 Å². The summed E-state index contributed by atoms with van der Waals surface area (Å²) in [7, 11) is 0. The second kappa shape index (κ2) is 9.39. The maximum atomic E-state index is 12.3. The summed E-state index contributed by atoms with van der Waals surface area (Å²) in [6.07, 6.45) is 2.52. The Morgan fingerprint density at radius 1 is 1.00 bits per heavy atom. The van der Waals surface area contributed by atoms with Crippen LogP contribution in [0.15, 0.2) is 66.7 Å².